The Hall–Kier alpha value is -3.26. The third-order valence-electron chi connectivity index (χ3n) is 3.39. The van der Waals surface area contributed by atoms with Crippen molar-refractivity contribution in [2.24, 2.45) is 16.6 Å². The first kappa shape index (κ1) is 20.8. The molecule has 0 aliphatic rings. The number of nitrogens with zero attached hydrogens (tertiary/aromatic N) is 3. The first-order valence-electron chi connectivity index (χ1n) is 8.09. The van der Waals surface area contributed by atoms with Crippen LogP contribution in [0.3, 0.4) is 0 Å². The number of rotatable bonds is 12. The Morgan fingerprint density at radius 2 is 1.73 bits per heavy atom. The minimum absolute atomic E-state index is 0.110. The van der Waals surface area contributed by atoms with E-state index in [9.17, 15) is 14.4 Å². The van der Waals surface area contributed by atoms with Crippen LogP contribution in [0.15, 0.2) is 23.3 Å². The number of carbonyl (C=O) groups excluding carboxylic acids is 3. The van der Waals surface area contributed by atoms with Gasteiger partial charge in [0.15, 0.2) is 0 Å². The van der Waals surface area contributed by atoms with E-state index in [1.807, 2.05) is 0 Å². The zero-order valence-electron chi connectivity index (χ0n) is 14.3. The van der Waals surface area contributed by atoms with Crippen LogP contribution in [-0.4, -0.2) is 37.4 Å². The van der Waals surface area contributed by atoms with Crippen molar-refractivity contribution in [1.82, 2.24) is 5.32 Å². The van der Waals surface area contributed by atoms with Gasteiger partial charge in [0.05, 0.1) is 6.54 Å². The Kier molecular flexibility index (Phi) is 9.05. The highest BCUT2D eigenvalue weighted by molar-refractivity contribution is 5.99. The molecule has 1 rings (SSSR count). The molecule has 26 heavy (non-hydrogen) atoms. The number of amides is 3. The van der Waals surface area contributed by atoms with Gasteiger partial charge >= 0.3 is 0 Å². The molecule has 0 aliphatic carbocycles. The van der Waals surface area contributed by atoms with Crippen LogP contribution < -0.4 is 21.5 Å². The molecular weight excluding hydrogens is 340 g/mol. The number of benzene rings is 1. The normalized spacial score (nSPS) is 9.85. The van der Waals surface area contributed by atoms with Crippen molar-refractivity contribution in [1.29, 1.82) is 0 Å². The first-order valence-corrected chi connectivity index (χ1v) is 8.09. The molecule has 0 aromatic heterocycles. The van der Waals surface area contributed by atoms with Gasteiger partial charge in [0.1, 0.15) is 12.4 Å². The van der Waals surface area contributed by atoms with Crippen molar-refractivity contribution in [2.75, 3.05) is 19.7 Å². The largest absolute Gasteiger partial charge is 0.492 e. The van der Waals surface area contributed by atoms with Gasteiger partial charge in [-0.15, -0.1) is 0 Å². The summed E-state index contributed by atoms with van der Waals surface area (Å²) < 4.78 is 5.43. The van der Waals surface area contributed by atoms with Crippen molar-refractivity contribution in [3.8, 4) is 5.75 Å². The monoisotopic (exact) mass is 362 g/mol. The molecule has 0 saturated carbocycles. The van der Waals surface area contributed by atoms with Crippen LogP contribution in [0.5, 0.6) is 5.75 Å². The number of hydrogen-bond acceptors (Lipinski definition) is 5. The molecular formula is C16H22N6O4. The van der Waals surface area contributed by atoms with E-state index in [-0.39, 0.29) is 35.9 Å². The third-order valence-corrected chi connectivity index (χ3v) is 3.39. The molecule has 3 amide bonds. The minimum atomic E-state index is -0.702. The number of nitrogens with two attached hydrogens (primary N) is 2. The topological polar surface area (TPSA) is 173 Å². The molecule has 5 N–H and O–H groups in total. The zero-order chi connectivity index (χ0) is 19.4. The molecule has 0 atom stereocenters. The number of hydrogen-bond donors (Lipinski definition) is 3. The molecule has 1 aromatic carbocycles. The summed E-state index contributed by atoms with van der Waals surface area (Å²) >= 11 is 0. The Balaban J connectivity index is 2.34. The standard InChI is InChI=1S/C16H22N6O4/c17-15(24)11-8-12(16(18)25)10-13(9-11)26-7-6-20-14(23)4-2-1-3-5-21-22-19/h8-10H,1-7H2,(H2,17,24)(H2,18,25)(H,20,23). The molecule has 10 nitrogen and oxygen atoms in total. The molecule has 0 aliphatic heterocycles. The molecule has 140 valence electrons. The highest BCUT2D eigenvalue weighted by atomic mass is 16.5. The van der Waals surface area contributed by atoms with E-state index in [1.165, 1.54) is 18.2 Å². The van der Waals surface area contributed by atoms with Gasteiger partial charge in [-0.05, 0) is 36.6 Å². The second-order valence-electron chi connectivity index (χ2n) is 5.44. The van der Waals surface area contributed by atoms with Crippen molar-refractivity contribution in [3.05, 3.63) is 39.8 Å². The first-order chi connectivity index (χ1) is 12.4. The van der Waals surface area contributed by atoms with E-state index in [2.05, 4.69) is 15.3 Å². The van der Waals surface area contributed by atoms with Crippen LogP contribution in [0.25, 0.3) is 10.4 Å². The molecule has 0 spiro atoms. The fourth-order valence-electron chi connectivity index (χ4n) is 2.10. The van der Waals surface area contributed by atoms with E-state index >= 15 is 0 Å². The molecule has 0 unspecified atom stereocenters. The van der Waals surface area contributed by atoms with Crippen LogP contribution in [-0.2, 0) is 4.79 Å². The van der Waals surface area contributed by atoms with Crippen molar-refractivity contribution >= 4 is 17.7 Å². The summed E-state index contributed by atoms with van der Waals surface area (Å²) in [5.74, 6) is -1.25. The van der Waals surface area contributed by atoms with Crippen molar-refractivity contribution < 1.29 is 19.1 Å². The zero-order valence-corrected chi connectivity index (χ0v) is 14.3. The Bertz CT molecular complexity index is 668. The van der Waals surface area contributed by atoms with Gasteiger partial charge < -0.3 is 21.5 Å². The van der Waals surface area contributed by atoms with E-state index in [0.29, 0.717) is 19.4 Å². The fraction of sp³-hybridized carbons (Fsp3) is 0.438. The van der Waals surface area contributed by atoms with Crippen molar-refractivity contribution in [3.63, 3.8) is 0 Å². The van der Waals surface area contributed by atoms with Gasteiger partial charge in [0.2, 0.25) is 17.7 Å². The van der Waals surface area contributed by atoms with Gasteiger partial charge in [-0.2, -0.15) is 0 Å². The maximum absolute atomic E-state index is 11.7. The second-order valence-corrected chi connectivity index (χ2v) is 5.44. The lowest BCUT2D eigenvalue weighted by atomic mass is 10.1. The van der Waals surface area contributed by atoms with Gasteiger partial charge in [0.25, 0.3) is 0 Å². The quantitative estimate of drug-likeness (QED) is 0.220. The van der Waals surface area contributed by atoms with Crippen LogP contribution in [0.2, 0.25) is 0 Å². The lowest BCUT2D eigenvalue weighted by molar-refractivity contribution is -0.121. The summed E-state index contributed by atoms with van der Waals surface area (Å²) in [5, 5.41) is 6.12. The van der Waals surface area contributed by atoms with Crippen LogP contribution in [0.1, 0.15) is 46.4 Å². The molecule has 0 radical (unpaired) electrons. The summed E-state index contributed by atoms with van der Waals surface area (Å²) in [6.07, 6.45) is 2.63. The van der Waals surface area contributed by atoms with Gasteiger partial charge in [-0.25, -0.2) is 0 Å². The van der Waals surface area contributed by atoms with E-state index < -0.39 is 11.8 Å². The van der Waals surface area contributed by atoms with E-state index in [0.717, 1.165) is 12.8 Å². The molecule has 1 aromatic rings. The maximum Gasteiger partial charge on any atom is 0.248 e. The lowest BCUT2D eigenvalue weighted by Gasteiger charge is -2.10. The van der Waals surface area contributed by atoms with Gasteiger partial charge in [-0.1, -0.05) is 11.5 Å². The number of azide groups is 1. The number of primary amides is 2. The van der Waals surface area contributed by atoms with E-state index in [4.69, 9.17) is 21.7 Å². The SMILES string of the molecule is [N-]=[N+]=NCCCCCC(=O)NCCOc1cc(C(N)=O)cc(C(N)=O)c1. The Morgan fingerprint density at radius 1 is 1.08 bits per heavy atom. The average Bonchev–Trinajstić information content (AvgIpc) is 2.61. The number of ether oxygens (including phenoxy) is 1. The fourth-order valence-corrected chi connectivity index (χ4v) is 2.10. The second kappa shape index (κ2) is 11.3. The Morgan fingerprint density at radius 3 is 2.31 bits per heavy atom. The lowest BCUT2D eigenvalue weighted by Crippen LogP contribution is -2.27. The number of nitrogens with one attached hydrogen (secondary N) is 1. The molecule has 0 fully saturated rings. The van der Waals surface area contributed by atoms with Crippen molar-refractivity contribution in [2.45, 2.75) is 25.7 Å². The molecule has 0 saturated heterocycles. The molecule has 10 heteroatoms. The predicted molar refractivity (Wildman–Crippen MR) is 94.5 cm³/mol. The van der Waals surface area contributed by atoms with Crippen LogP contribution in [0, 0.1) is 0 Å². The Labute approximate surface area is 150 Å². The number of carbonyl (C=O) groups is 3. The summed E-state index contributed by atoms with van der Waals surface area (Å²) in [4.78, 5) is 36.8. The third kappa shape index (κ3) is 8.02. The smallest absolute Gasteiger partial charge is 0.248 e. The van der Waals surface area contributed by atoms with Crippen LogP contribution >= 0.6 is 0 Å². The van der Waals surface area contributed by atoms with Gasteiger partial charge in [-0.3, -0.25) is 14.4 Å². The maximum atomic E-state index is 11.7. The highest BCUT2D eigenvalue weighted by Crippen LogP contribution is 2.17. The molecule has 0 bridgehead atoms. The number of unbranched alkanes of at least 4 members (excludes halogenated alkanes) is 2. The summed E-state index contributed by atoms with van der Waals surface area (Å²) in [5.41, 5.74) is 18.8. The predicted octanol–water partition coefficient (Wildman–Crippen LogP) is 1.25. The van der Waals surface area contributed by atoms with Crippen LogP contribution in [0.4, 0.5) is 0 Å². The highest BCUT2D eigenvalue weighted by Gasteiger charge is 2.10. The average molecular weight is 362 g/mol. The van der Waals surface area contributed by atoms with E-state index in [1.54, 1.807) is 0 Å². The summed E-state index contributed by atoms with van der Waals surface area (Å²) in [7, 11) is 0. The summed E-state index contributed by atoms with van der Waals surface area (Å²) in [6, 6.07) is 4.10. The summed E-state index contributed by atoms with van der Waals surface area (Å²) in [6.45, 7) is 0.858. The molecule has 0 heterocycles. The van der Waals surface area contributed by atoms with Gasteiger partial charge in [0, 0.05) is 29.0 Å². The minimum Gasteiger partial charge on any atom is -0.492 e.